The highest BCUT2D eigenvalue weighted by atomic mass is 32.2. The SMILES string of the molecule is COc1ccc2c(C)c(S(=O)[O-])sc2c1. The van der Waals surface area contributed by atoms with Gasteiger partial charge < -0.3 is 9.29 Å². The van der Waals surface area contributed by atoms with E-state index in [0.717, 1.165) is 21.4 Å². The second-order valence-electron chi connectivity index (χ2n) is 3.11. The van der Waals surface area contributed by atoms with Crippen LogP contribution in [0.3, 0.4) is 0 Å². The van der Waals surface area contributed by atoms with E-state index in [1.807, 2.05) is 25.1 Å². The van der Waals surface area contributed by atoms with Crippen molar-refractivity contribution in [3.63, 3.8) is 0 Å². The average molecular weight is 241 g/mol. The van der Waals surface area contributed by atoms with Gasteiger partial charge in [-0.1, -0.05) is 0 Å². The highest BCUT2D eigenvalue weighted by molar-refractivity contribution is 7.82. The number of fused-ring (bicyclic) bond motifs is 1. The molecule has 0 aliphatic heterocycles. The van der Waals surface area contributed by atoms with Gasteiger partial charge in [-0.15, -0.1) is 11.3 Å². The molecule has 1 heterocycles. The Morgan fingerprint density at radius 3 is 2.80 bits per heavy atom. The second kappa shape index (κ2) is 3.92. The fraction of sp³-hybridized carbons (Fsp3) is 0.200. The zero-order chi connectivity index (χ0) is 11.0. The number of aryl methyl sites for hydroxylation is 1. The van der Waals surface area contributed by atoms with Gasteiger partial charge in [0.25, 0.3) is 0 Å². The van der Waals surface area contributed by atoms with Crippen LogP contribution in [0.1, 0.15) is 5.56 Å². The first-order valence-corrected chi connectivity index (χ1v) is 6.19. The molecule has 0 aliphatic rings. The molecule has 0 N–H and O–H groups in total. The first-order valence-electron chi connectivity index (χ1n) is 4.30. The Hall–Kier alpha value is -0.910. The number of hydrogen-bond acceptors (Lipinski definition) is 4. The molecule has 0 fully saturated rings. The molecule has 0 spiro atoms. The average Bonchev–Trinajstić information content (AvgIpc) is 2.55. The van der Waals surface area contributed by atoms with E-state index in [-0.39, 0.29) is 0 Å². The number of ether oxygens (including phenoxy) is 1. The monoisotopic (exact) mass is 241 g/mol. The Labute approximate surface area is 94.0 Å². The van der Waals surface area contributed by atoms with Crippen LogP contribution in [0.15, 0.2) is 22.4 Å². The predicted octanol–water partition coefficient (Wildman–Crippen LogP) is 2.46. The topological polar surface area (TPSA) is 49.4 Å². The van der Waals surface area contributed by atoms with Crippen molar-refractivity contribution in [3.8, 4) is 5.75 Å². The lowest BCUT2D eigenvalue weighted by Gasteiger charge is -2.01. The Morgan fingerprint density at radius 1 is 1.47 bits per heavy atom. The zero-order valence-corrected chi connectivity index (χ0v) is 9.91. The summed E-state index contributed by atoms with van der Waals surface area (Å²) in [6, 6.07) is 5.57. The third-order valence-corrected chi connectivity index (χ3v) is 4.57. The number of benzene rings is 1. The van der Waals surface area contributed by atoms with Gasteiger partial charge in [0.05, 0.1) is 11.3 Å². The molecule has 0 saturated heterocycles. The van der Waals surface area contributed by atoms with Crippen molar-refractivity contribution in [3.05, 3.63) is 23.8 Å². The van der Waals surface area contributed by atoms with Crippen LogP contribution >= 0.6 is 11.3 Å². The van der Waals surface area contributed by atoms with Crippen LogP contribution in [0.2, 0.25) is 0 Å². The molecule has 1 aromatic carbocycles. The Bertz CT molecular complexity index is 531. The zero-order valence-electron chi connectivity index (χ0n) is 8.27. The lowest BCUT2D eigenvalue weighted by molar-refractivity contribution is 0.415. The Balaban J connectivity index is 2.70. The van der Waals surface area contributed by atoms with Gasteiger partial charge in [0, 0.05) is 4.70 Å². The highest BCUT2D eigenvalue weighted by Crippen LogP contribution is 2.34. The minimum Gasteiger partial charge on any atom is -0.768 e. The summed E-state index contributed by atoms with van der Waals surface area (Å²) < 4.78 is 28.3. The van der Waals surface area contributed by atoms with Crippen molar-refractivity contribution in [1.29, 1.82) is 0 Å². The minimum absolute atomic E-state index is 0.401. The summed E-state index contributed by atoms with van der Waals surface area (Å²) in [5.41, 5.74) is 0.811. The first-order chi connectivity index (χ1) is 7.13. The van der Waals surface area contributed by atoms with Crippen molar-refractivity contribution in [2.45, 2.75) is 11.1 Å². The van der Waals surface area contributed by atoms with Gasteiger partial charge in [0.2, 0.25) is 0 Å². The lowest BCUT2D eigenvalue weighted by Crippen LogP contribution is -1.85. The summed E-state index contributed by atoms with van der Waals surface area (Å²) in [4.78, 5) is 0. The lowest BCUT2D eigenvalue weighted by atomic mass is 10.2. The molecule has 0 saturated carbocycles. The second-order valence-corrected chi connectivity index (χ2v) is 5.30. The molecule has 15 heavy (non-hydrogen) atoms. The van der Waals surface area contributed by atoms with Crippen molar-refractivity contribution in [1.82, 2.24) is 0 Å². The maximum Gasteiger partial charge on any atom is 0.120 e. The molecular weight excluding hydrogens is 232 g/mol. The minimum atomic E-state index is -2.15. The number of methoxy groups -OCH3 is 1. The molecule has 0 aliphatic carbocycles. The van der Waals surface area contributed by atoms with E-state index in [4.69, 9.17) is 4.74 Å². The van der Waals surface area contributed by atoms with Crippen LogP contribution in [0, 0.1) is 6.92 Å². The molecule has 3 nitrogen and oxygen atoms in total. The standard InChI is InChI=1S/C10H10O3S2/c1-6-8-4-3-7(13-2)5-9(8)14-10(6)15(11)12/h3-5H,1-2H3,(H,11,12)/p-1. The van der Waals surface area contributed by atoms with Gasteiger partial charge in [-0.25, -0.2) is 0 Å². The number of rotatable bonds is 2. The summed E-state index contributed by atoms with van der Waals surface area (Å²) >= 11 is -0.885. The quantitative estimate of drug-likeness (QED) is 0.759. The Kier molecular flexibility index (Phi) is 2.77. The molecule has 1 unspecified atom stereocenters. The van der Waals surface area contributed by atoms with E-state index < -0.39 is 11.1 Å². The smallest absolute Gasteiger partial charge is 0.120 e. The third kappa shape index (κ3) is 1.78. The molecule has 0 amide bonds. The van der Waals surface area contributed by atoms with E-state index in [0.29, 0.717) is 4.21 Å². The summed E-state index contributed by atoms with van der Waals surface area (Å²) in [7, 11) is 1.59. The van der Waals surface area contributed by atoms with Crippen LogP contribution in [-0.4, -0.2) is 15.9 Å². The molecule has 2 aromatic rings. The summed E-state index contributed by atoms with van der Waals surface area (Å²) in [5, 5.41) is 0.972. The van der Waals surface area contributed by atoms with Crippen LogP contribution < -0.4 is 4.74 Å². The molecule has 1 atom stereocenters. The van der Waals surface area contributed by atoms with Gasteiger partial charge >= 0.3 is 0 Å². The molecule has 0 radical (unpaired) electrons. The maximum atomic E-state index is 10.9. The third-order valence-electron chi connectivity index (χ3n) is 2.25. The predicted molar refractivity (Wildman–Crippen MR) is 60.3 cm³/mol. The fourth-order valence-corrected chi connectivity index (χ4v) is 3.34. The number of hydrogen-bond donors (Lipinski definition) is 0. The van der Waals surface area contributed by atoms with E-state index in [9.17, 15) is 8.76 Å². The summed E-state index contributed by atoms with van der Waals surface area (Å²) in [6.07, 6.45) is 0. The van der Waals surface area contributed by atoms with Crippen molar-refractivity contribution in [2.24, 2.45) is 0 Å². The molecule has 80 valence electrons. The Morgan fingerprint density at radius 2 is 2.20 bits per heavy atom. The largest absolute Gasteiger partial charge is 0.768 e. The molecule has 1 aromatic heterocycles. The maximum absolute atomic E-state index is 10.9. The van der Waals surface area contributed by atoms with Gasteiger partial charge in [-0.3, -0.25) is 4.21 Å². The van der Waals surface area contributed by atoms with Crippen molar-refractivity contribution >= 4 is 32.5 Å². The van der Waals surface area contributed by atoms with E-state index in [1.54, 1.807) is 7.11 Å². The van der Waals surface area contributed by atoms with E-state index in [2.05, 4.69) is 0 Å². The number of thiophene rings is 1. The molecular formula is C10H9O3S2-. The summed E-state index contributed by atoms with van der Waals surface area (Å²) in [5.74, 6) is 0.743. The molecule has 2 rings (SSSR count). The van der Waals surface area contributed by atoms with Crippen LogP contribution in [-0.2, 0) is 11.1 Å². The molecule has 0 bridgehead atoms. The van der Waals surface area contributed by atoms with Gasteiger partial charge in [-0.2, -0.15) is 0 Å². The van der Waals surface area contributed by atoms with Crippen molar-refractivity contribution < 1.29 is 13.5 Å². The van der Waals surface area contributed by atoms with Crippen LogP contribution in [0.25, 0.3) is 10.1 Å². The normalized spacial score (nSPS) is 13.0. The first kappa shape index (κ1) is 10.6. The van der Waals surface area contributed by atoms with Crippen molar-refractivity contribution in [2.75, 3.05) is 7.11 Å². The van der Waals surface area contributed by atoms with Gasteiger partial charge in [0.1, 0.15) is 5.75 Å². The fourth-order valence-electron chi connectivity index (χ4n) is 1.47. The highest BCUT2D eigenvalue weighted by Gasteiger charge is 2.09. The van der Waals surface area contributed by atoms with Crippen LogP contribution in [0.4, 0.5) is 0 Å². The molecule has 5 heteroatoms. The van der Waals surface area contributed by atoms with Crippen LogP contribution in [0.5, 0.6) is 5.75 Å². The van der Waals surface area contributed by atoms with E-state index >= 15 is 0 Å². The summed E-state index contributed by atoms with van der Waals surface area (Å²) in [6.45, 7) is 1.82. The van der Waals surface area contributed by atoms with Gasteiger partial charge in [-0.05, 0) is 47.2 Å². The van der Waals surface area contributed by atoms with Gasteiger partial charge in [0.15, 0.2) is 0 Å². The van der Waals surface area contributed by atoms with E-state index in [1.165, 1.54) is 11.3 Å².